The van der Waals surface area contributed by atoms with Crippen LogP contribution in [0.3, 0.4) is 0 Å². The van der Waals surface area contributed by atoms with E-state index in [0.717, 1.165) is 22.6 Å². The Morgan fingerprint density at radius 2 is 1.72 bits per heavy atom. The molecule has 0 N–H and O–H groups in total. The van der Waals surface area contributed by atoms with Crippen molar-refractivity contribution in [2.75, 3.05) is 7.11 Å². The zero-order valence-corrected chi connectivity index (χ0v) is 13.9. The molecule has 3 aromatic carbocycles. The molecule has 0 fully saturated rings. The van der Waals surface area contributed by atoms with Crippen molar-refractivity contribution in [3.05, 3.63) is 89.7 Å². The summed E-state index contributed by atoms with van der Waals surface area (Å²) in [6, 6.07) is 21.5. The van der Waals surface area contributed by atoms with E-state index in [0.29, 0.717) is 12.4 Å². The number of ether oxygens (including phenoxy) is 2. The Morgan fingerprint density at radius 1 is 0.920 bits per heavy atom. The Bertz CT molecular complexity index is 860. The predicted octanol–water partition coefficient (Wildman–Crippen LogP) is 5.16. The van der Waals surface area contributed by atoms with Gasteiger partial charge in [-0.15, -0.1) is 0 Å². The lowest BCUT2D eigenvalue weighted by atomic mass is 10.2. The lowest BCUT2D eigenvalue weighted by Gasteiger charge is -2.07. The van der Waals surface area contributed by atoms with Gasteiger partial charge in [0.25, 0.3) is 0 Å². The third-order valence-corrected chi connectivity index (χ3v) is 3.59. The highest BCUT2D eigenvalue weighted by Crippen LogP contribution is 2.19. The summed E-state index contributed by atoms with van der Waals surface area (Å²) in [5, 5.41) is 0. The molecule has 0 unspecified atom stereocenters. The predicted molar refractivity (Wildman–Crippen MR) is 97.4 cm³/mol. The first-order chi connectivity index (χ1) is 12.2. The van der Waals surface area contributed by atoms with Gasteiger partial charge in [-0.25, -0.2) is 4.39 Å². The van der Waals surface area contributed by atoms with E-state index in [1.54, 1.807) is 19.4 Å². The number of aliphatic imine (C=N–C) groups is 1. The first-order valence-corrected chi connectivity index (χ1v) is 7.88. The maximum Gasteiger partial charge on any atom is 0.123 e. The second-order valence-corrected chi connectivity index (χ2v) is 5.45. The summed E-state index contributed by atoms with van der Waals surface area (Å²) >= 11 is 0. The van der Waals surface area contributed by atoms with Crippen LogP contribution in [0.25, 0.3) is 0 Å². The third-order valence-electron chi connectivity index (χ3n) is 3.59. The van der Waals surface area contributed by atoms with Gasteiger partial charge in [-0.1, -0.05) is 24.3 Å². The standard InChI is InChI=1S/C21H18FNO2/c1-24-20-10-8-19(9-11-20)23-14-16-4-3-7-21(13-16)25-15-17-5-2-6-18(22)12-17/h2-14H,15H2,1H3. The van der Waals surface area contributed by atoms with E-state index >= 15 is 0 Å². The summed E-state index contributed by atoms with van der Waals surface area (Å²) < 4.78 is 24.0. The number of methoxy groups -OCH3 is 1. The zero-order chi connectivity index (χ0) is 17.5. The molecule has 0 spiro atoms. The van der Waals surface area contributed by atoms with Crippen LogP contribution in [0, 0.1) is 5.82 Å². The van der Waals surface area contributed by atoms with Gasteiger partial charge < -0.3 is 9.47 Å². The second-order valence-electron chi connectivity index (χ2n) is 5.45. The molecule has 0 radical (unpaired) electrons. The van der Waals surface area contributed by atoms with Crippen molar-refractivity contribution in [2.24, 2.45) is 4.99 Å². The van der Waals surface area contributed by atoms with E-state index in [-0.39, 0.29) is 5.82 Å². The van der Waals surface area contributed by atoms with E-state index in [1.807, 2.05) is 54.6 Å². The van der Waals surface area contributed by atoms with Crippen molar-refractivity contribution in [3.63, 3.8) is 0 Å². The van der Waals surface area contributed by atoms with Crippen LogP contribution in [-0.2, 0) is 6.61 Å². The summed E-state index contributed by atoms with van der Waals surface area (Å²) in [7, 11) is 1.63. The van der Waals surface area contributed by atoms with E-state index in [1.165, 1.54) is 12.1 Å². The van der Waals surface area contributed by atoms with Gasteiger partial charge in [-0.2, -0.15) is 0 Å². The smallest absolute Gasteiger partial charge is 0.123 e. The Balaban J connectivity index is 1.65. The van der Waals surface area contributed by atoms with Crippen molar-refractivity contribution in [2.45, 2.75) is 6.61 Å². The van der Waals surface area contributed by atoms with E-state index in [2.05, 4.69) is 4.99 Å². The van der Waals surface area contributed by atoms with Crippen molar-refractivity contribution >= 4 is 11.9 Å². The van der Waals surface area contributed by atoms with Crippen LogP contribution >= 0.6 is 0 Å². The fourth-order valence-electron chi connectivity index (χ4n) is 2.30. The maximum atomic E-state index is 13.2. The van der Waals surface area contributed by atoms with Gasteiger partial charge in [0.1, 0.15) is 23.9 Å². The van der Waals surface area contributed by atoms with Crippen LogP contribution in [0.2, 0.25) is 0 Å². The molecule has 0 aliphatic heterocycles. The Hall–Kier alpha value is -3.14. The first kappa shape index (κ1) is 16.7. The van der Waals surface area contributed by atoms with Crippen molar-refractivity contribution in [1.29, 1.82) is 0 Å². The fraction of sp³-hybridized carbons (Fsp3) is 0.0952. The molecule has 3 aromatic rings. The molecule has 4 heteroatoms. The Morgan fingerprint density at radius 3 is 2.48 bits per heavy atom. The summed E-state index contributed by atoms with van der Waals surface area (Å²) in [6.45, 7) is 0.316. The molecule has 3 rings (SSSR count). The maximum absolute atomic E-state index is 13.2. The van der Waals surface area contributed by atoms with Gasteiger partial charge in [-0.05, 0) is 59.7 Å². The van der Waals surface area contributed by atoms with Crippen LogP contribution in [0.15, 0.2) is 77.8 Å². The molecule has 0 aromatic heterocycles. The summed E-state index contributed by atoms with van der Waals surface area (Å²) in [4.78, 5) is 4.44. The van der Waals surface area contributed by atoms with Gasteiger partial charge in [0.15, 0.2) is 0 Å². The molecule has 3 nitrogen and oxygen atoms in total. The number of hydrogen-bond donors (Lipinski definition) is 0. The van der Waals surface area contributed by atoms with Crippen LogP contribution in [0.4, 0.5) is 10.1 Å². The third kappa shape index (κ3) is 4.91. The van der Waals surface area contributed by atoms with Crippen LogP contribution < -0.4 is 9.47 Å². The van der Waals surface area contributed by atoms with Crippen LogP contribution in [-0.4, -0.2) is 13.3 Å². The molecule has 0 heterocycles. The van der Waals surface area contributed by atoms with Gasteiger partial charge >= 0.3 is 0 Å². The zero-order valence-electron chi connectivity index (χ0n) is 13.9. The largest absolute Gasteiger partial charge is 0.497 e. The van der Waals surface area contributed by atoms with Gasteiger partial charge in [0.05, 0.1) is 12.8 Å². The average molecular weight is 335 g/mol. The van der Waals surface area contributed by atoms with E-state index < -0.39 is 0 Å². The average Bonchev–Trinajstić information content (AvgIpc) is 2.65. The number of nitrogens with zero attached hydrogens (tertiary/aromatic N) is 1. The molecule has 0 aliphatic carbocycles. The Labute approximate surface area is 146 Å². The highest BCUT2D eigenvalue weighted by Gasteiger charge is 1.99. The van der Waals surface area contributed by atoms with Gasteiger partial charge in [0.2, 0.25) is 0 Å². The van der Waals surface area contributed by atoms with Crippen LogP contribution in [0.5, 0.6) is 11.5 Å². The van der Waals surface area contributed by atoms with Crippen LogP contribution in [0.1, 0.15) is 11.1 Å². The van der Waals surface area contributed by atoms with Crippen molar-refractivity contribution in [3.8, 4) is 11.5 Å². The van der Waals surface area contributed by atoms with Crippen molar-refractivity contribution < 1.29 is 13.9 Å². The second kappa shape index (κ2) is 8.11. The molecule has 0 saturated heterocycles. The number of benzene rings is 3. The minimum Gasteiger partial charge on any atom is -0.497 e. The van der Waals surface area contributed by atoms with Crippen molar-refractivity contribution in [1.82, 2.24) is 0 Å². The highest BCUT2D eigenvalue weighted by molar-refractivity contribution is 5.82. The monoisotopic (exact) mass is 335 g/mol. The highest BCUT2D eigenvalue weighted by atomic mass is 19.1. The number of rotatable bonds is 6. The lowest BCUT2D eigenvalue weighted by Crippen LogP contribution is -1.96. The fourth-order valence-corrected chi connectivity index (χ4v) is 2.30. The normalized spacial score (nSPS) is 10.8. The molecular formula is C21H18FNO2. The molecule has 0 amide bonds. The quantitative estimate of drug-likeness (QED) is 0.582. The molecule has 0 bridgehead atoms. The molecule has 126 valence electrons. The minimum atomic E-state index is -0.263. The van der Waals surface area contributed by atoms with E-state index in [4.69, 9.17) is 9.47 Å². The Kier molecular flexibility index (Phi) is 5.42. The summed E-state index contributed by atoms with van der Waals surface area (Å²) in [5.74, 6) is 1.25. The summed E-state index contributed by atoms with van der Waals surface area (Å²) in [5.41, 5.74) is 2.55. The number of halogens is 1. The minimum absolute atomic E-state index is 0.263. The lowest BCUT2D eigenvalue weighted by molar-refractivity contribution is 0.305. The SMILES string of the molecule is COc1ccc(N=Cc2cccc(OCc3cccc(F)c3)c2)cc1. The molecule has 25 heavy (non-hydrogen) atoms. The molecule has 0 atom stereocenters. The van der Waals surface area contributed by atoms with Gasteiger partial charge in [-0.3, -0.25) is 4.99 Å². The molecular weight excluding hydrogens is 317 g/mol. The van der Waals surface area contributed by atoms with Gasteiger partial charge in [0, 0.05) is 6.21 Å². The van der Waals surface area contributed by atoms with E-state index in [9.17, 15) is 4.39 Å². The molecule has 0 saturated carbocycles. The summed E-state index contributed by atoms with van der Waals surface area (Å²) in [6.07, 6.45) is 1.77. The number of hydrogen-bond acceptors (Lipinski definition) is 3. The topological polar surface area (TPSA) is 30.8 Å². The first-order valence-electron chi connectivity index (χ1n) is 7.88. The molecule has 0 aliphatic rings.